The van der Waals surface area contributed by atoms with Crippen molar-refractivity contribution in [1.82, 2.24) is 14.6 Å². The molecule has 0 unspecified atom stereocenters. The van der Waals surface area contributed by atoms with Crippen LogP contribution in [0.5, 0.6) is 11.5 Å². The zero-order valence-electron chi connectivity index (χ0n) is 19.2. The van der Waals surface area contributed by atoms with Crippen molar-refractivity contribution < 1.29 is 18.3 Å². The van der Waals surface area contributed by atoms with Gasteiger partial charge in [0, 0.05) is 23.6 Å². The number of pyridine rings is 1. The maximum Gasteiger partial charge on any atom is 0.235 e. The molecule has 7 nitrogen and oxygen atoms in total. The number of hydrogen-bond donors (Lipinski definition) is 0. The number of thioether (sulfide) groups is 1. The van der Waals surface area contributed by atoms with Crippen molar-refractivity contribution in [1.29, 1.82) is 0 Å². The van der Waals surface area contributed by atoms with E-state index in [2.05, 4.69) is 10.2 Å². The summed E-state index contributed by atoms with van der Waals surface area (Å²) in [4.78, 5) is 13.3. The molecule has 5 aromatic rings. The summed E-state index contributed by atoms with van der Waals surface area (Å²) in [5, 5.41) is 10.0. The molecule has 0 aliphatic heterocycles. The van der Waals surface area contributed by atoms with E-state index in [1.165, 1.54) is 19.2 Å². The molecule has 0 atom stereocenters. The lowest BCUT2D eigenvalue weighted by Gasteiger charge is -2.12. The standard InChI is InChI=1S/C26H21ClFN3O4S/c1-33-18-10-11-19-21(15-18)35-23(16-6-8-17(28)9-7-16)24(22(19)32)34-13-2-3-14-36-26-30-29-25-20(27)5-4-12-31(25)26/h4-12,15H,2-3,13-14H2,1H3. The van der Waals surface area contributed by atoms with Crippen LogP contribution in [0.2, 0.25) is 5.02 Å². The first-order valence-corrected chi connectivity index (χ1v) is 12.6. The monoisotopic (exact) mass is 525 g/mol. The zero-order valence-corrected chi connectivity index (χ0v) is 20.8. The van der Waals surface area contributed by atoms with E-state index in [0.717, 1.165) is 17.3 Å². The van der Waals surface area contributed by atoms with Gasteiger partial charge in [-0.25, -0.2) is 4.39 Å². The van der Waals surface area contributed by atoms with Crippen LogP contribution in [0.25, 0.3) is 27.9 Å². The quantitative estimate of drug-likeness (QED) is 0.166. The van der Waals surface area contributed by atoms with Crippen molar-refractivity contribution >= 4 is 40.0 Å². The Morgan fingerprint density at radius 1 is 1.11 bits per heavy atom. The molecule has 0 bridgehead atoms. The fourth-order valence-electron chi connectivity index (χ4n) is 3.71. The first kappa shape index (κ1) is 24.1. The maximum absolute atomic E-state index is 13.5. The second kappa shape index (κ2) is 10.6. The molecule has 36 heavy (non-hydrogen) atoms. The lowest BCUT2D eigenvalue weighted by molar-refractivity contribution is 0.302. The Bertz CT molecular complexity index is 1590. The third-order valence-electron chi connectivity index (χ3n) is 5.54. The molecule has 3 aromatic heterocycles. The van der Waals surface area contributed by atoms with Gasteiger partial charge in [-0.2, -0.15) is 0 Å². The van der Waals surface area contributed by atoms with Crippen LogP contribution < -0.4 is 14.9 Å². The number of benzene rings is 2. The van der Waals surface area contributed by atoms with Crippen molar-refractivity contribution in [2.45, 2.75) is 18.0 Å². The first-order chi connectivity index (χ1) is 17.5. The molecule has 0 radical (unpaired) electrons. The highest BCUT2D eigenvalue weighted by Gasteiger charge is 2.18. The molecule has 0 saturated carbocycles. The largest absolute Gasteiger partial charge is 0.497 e. The van der Waals surface area contributed by atoms with Gasteiger partial charge in [-0.3, -0.25) is 9.20 Å². The van der Waals surface area contributed by atoms with Crippen molar-refractivity contribution in [3.05, 3.63) is 81.9 Å². The molecule has 184 valence electrons. The second-order valence-corrected chi connectivity index (χ2v) is 9.36. The van der Waals surface area contributed by atoms with Crippen LogP contribution in [0.3, 0.4) is 0 Å². The fraction of sp³-hybridized carbons (Fsp3) is 0.192. The van der Waals surface area contributed by atoms with Gasteiger partial charge in [0.25, 0.3) is 0 Å². The van der Waals surface area contributed by atoms with E-state index in [9.17, 15) is 9.18 Å². The zero-order chi connectivity index (χ0) is 25.1. The summed E-state index contributed by atoms with van der Waals surface area (Å²) in [5.74, 6) is 1.32. The molecular weight excluding hydrogens is 505 g/mol. The molecule has 10 heteroatoms. The SMILES string of the molecule is COc1ccc2c(=O)c(OCCCCSc3nnc4c(Cl)cccn34)c(-c3ccc(F)cc3)oc2c1. The molecule has 2 aromatic carbocycles. The van der Waals surface area contributed by atoms with Gasteiger partial charge < -0.3 is 13.9 Å². The Kier molecular flexibility index (Phi) is 7.11. The molecule has 0 N–H and O–H groups in total. The third-order valence-corrected chi connectivity index (χ3v) is 6.86. The summed E-state index contributed by atoms with van der Waals surface area (Å²) in [6.07, 6.45) is 3.40. The topological polar surface area (TPSA) is 78.9 Å². The molecule has 0 spiro atoms. The lowest BCUT2D eigenvalue weighted by atomic mass is 10.1. The van der Waals surface area contributed by atoms with E-state index in [4.69, 9.17) is 25.5 Å². The van der Waals surface area contributed by atoms with Crippen molar-refractivity contribution in [2.75, 3.05) is 19.5 Å². The van der Waals surface area contributed by atoms with Gasteiger partial charge in [0.1, 0.15) is 17.1 Å². The number of methoxy groups -OCH3 is 1. The van der Waals surface area contributed by atoms with Gasteiger partial charge in [-0.05, 0) is 61.4 Å². The molecule has 3 heterocycles. The van der Waals surface area contributed by atoms with Crippen LogP contribution in [0.4, 0.5) is 4.39 Å². The van der Waals surface area contributed by atoms with E-state index in [-0.39, 0.29) is 22.8 Å². The summed E-state index contributed by atoms with van der Waals surface area (Å²) in [6, 6.07) is 14.3. The summed E-state index contributed by atoms with van der Waals surface area (Å²) in [6.45, 7) is 0.313. The van der Waals surface area contributed by atoms with E-state index in [0.29, 0.717) is 46.0 Å². The van der Waals surface area contributed by atoms with Crippen LogP contribution in [-0.4, -0.2) is 34.1 Å². The van der Waals surface area contributed by atoms with Crippen molar-refractivity contribution in [3.63, 3.8) is 0 Å². The van der Waals surface area contributed by atoms with Gasteiger partial charge in [-0.15, -0.1) is 10.2 Å². The van der Waals surface area contributed by atoms with Crippen molar-refractivity contribution in [3.8, 4) is 22.8 Å². The predicted octanol–water partition coefficient (Wildman–Crippen LogP) is 6.26. The Hall–Kier alpha value is -3.56. The Morgan fingerprint density at radius 3 is 2.75 bits per heavy atom. The third kappa shape index (κ3) is 4.89. The average Bonchev–Trinajstić information content (AvgIpc) is 3.31. The van der Waals surface area contributed by atoms with Gasteiger partial charge in [0.2, 0.25) is 11.2 Å². The Morgan fingerprint density at radius 2 is 1.94 bits per heavy atom. The van der Waals surface area contributed by atoms with Gasteiger partial charge in [0.15, 0.2) is 16.6 Å². The van der Waals surface area contributed by atoms with Gasteiger partial charge >= 0.3 is 0 Å². The highest BCUT2D eigenvalue weighted by Crippen LogP contribution is 2.32. The predicted molar refractivity (Wildman–Crippen MR) is 138 cm³/mol. The first-order valence-electron chi connectivity index (χ1n) is 11.2. The molecular formula is C26H21ClFN3O4S. The van der Waals surface area contributed by atoms with E-state index in [1.54, 1.807) is 48.2 Å². The number of nitrogens with zero attached hydrogens (tertiary/aromatic N) is 3. The summed E-state index contributed by atoms with van der Waals surface area (Å²) >= 11 is 7.72. The van der Waals surface area contributed by atoms with E-state index in [1.807, 2.05) is 16.7 Å². The molecule has 0 fully saturated rings. The van der Waals surface area contributed by atoms with Crippen LogP contribution in [-0.2, 0) is 0 Å². The van der Waals surface area contributed by atoms with Crippen molar-refractivity contribution in [2.24, 2.45) is 0 Å². The van der Waals surface area contributed by atoms with E-state index >= 15 is 0 Å². The minimum absolute atomic E-state index is 0.102. The Balaban J connectivity index is 1.30. The number of fused-ring (bicyclic) bond motifs is 2. The molecule has 5 rings (SSSR count). The molecule has 0 amide bonds. The second-order valence-electron chi connectivity index (χ2n) is 7.89. The smallest absolute Gasteiger partial charge is 0.235 e. The van der Waals surface area contributed by atoms with Crippen LogP contribution >= 0.6 is 23.4 Å². The highest BCUT2D eigenvalue weighted by atomic mass is 35.5. The summed E-state index contributed by atoms with van der Waals surface area (Å²) < 4.78 is 32.6. The van der Waals surface area contributed by atoms with Gasteiger partial charge in [-0.1, -0.05) is 23.4 Å². The number of rotatable bonds is 9. The van der Waals surface area contributed by atoms with Crippen LogP contribution in [0, 0.1) is 5.82 Å². The maximum atomic E-state index is 13.5. The number of unbranched alkanes of at least 4 members (excludes halogenated alkanes) is 1. The van der Waals surface area contributed by atoms with E-state index < -0.39 is 0 Å². The summed E-state index contributed by atoms with van der Waals surface area (Å²) in [7, 11) is 1.54. The summed E-state index contributed by atoms with van der Waals surface area (Å²) in [5.41, 5.74) is 1.24. The average molecular weight is 526 g/mol. The fourth-order valence-corrected chi connectivity index (χ4v) is 4.83. The van der Waals surface area contributed by atoms with Gasteiger partial charge in [0.05, 0.1) is 24.1 Å². The minimum Gasteiger partial charge on any atom is -0.497 e. The normalized spacial score (nSPS) is 11.3. The molecule has 0 aliphatic rings. The number of hydrogen-bond acceptors (Lipinski definition) is 7. The Labute approximate surface area is 214 Å². The lowest BCUT2D eigenvalue weighted by Crippen LogP contribution is -2.11. The number of ether oxygens (including phenoxy) is 2. The van der Waals surface area contributed by atoms with Crippen LogP contribution in [0.15, 0.2) is 75.2 Å². The highest BCUT2D eigenvalue weighted by molar-refractivity contribution is 7.99. The number of aromatic nitrogens is 3. The molecule has 0 saturated heterocycles. The molecule has 0 aliphatic carbocycles. The number of halogens is 2. The van der Waals surface area contributed by atoms with Crippen LogP contribution in [0.1, 0.15) is 12.8 Å². The minimum atomic E-state index is -0.383.